The maximum Gasteiger partial charge on any atom is 0.416 e. The van der Waals surface area contributed by atoms with Crippen LogP contribution in [0, 0.1) is 5.41 Å². The number of hydrogen-bond acceptors (Lipinski definition) is 2. The van der Waals surface area contributed by atoms with E-state index in [1.54, 1.807) is 0 Å². The highest BCUT2D eigenvalue weighted by Crippen LogP contribution is 2.30. The topological polar surface area (TPSA) is 43.1 Å². The van der Waals surface area contributed by atoms with Crippen molar-refractivity contribution in [3.05, 3.63) is 35.4 Å². The second-order valence-corrected chi connectivity index (χ2v) is 6.23. The van der Waals surface area contributed by atoms with Gasteiger partial charge < -0.3 is 5.73 Å². The SMILES string of the molecule is CC(C)(C)CC(N)CC(=O)c1cccc(C(F)(F)F)c1. The molecule has 20 heavy (non-hydrogen) atoms. The summed E-state index contributed by atoms with van der Waals surface area (Å²) in [6.07, 6.45) is -3.75. The number of hydrogen-bond donors (Lipinski definition) is 1. The summed E-state index contributed by atoms with van der Waals surface area (Å²) in [6.45, 7) is 6.00. The Balaban J connectivity index is 2.78. The highest BCUT2D eigenvalue weighted by atomic mass is 19.4. The van der Waals surface area contributed by atoms with E-state index in [1.807, 2.05) is 20.8 Å². The van der Waals surface area contributed by atoms with Gasteiger partial charge in [-0.3, -0.25) is 4.79 Å². The molecule has 0 aromatic heterocycles. The Labute approximate surface area is 117 Å². The van der Waals surface area contributed by atoms with Gasteiger partial charge in [-0.15, -0.1) is 0 Å². The highest BCUT2D eigenvalue weighted by Gasteiger charge is 2.31. The lowest BCUT2D eigenvalue weighted by atomic mass is 9.86. The maximum absolute atomic E-state index is 12.6. The first-order valence-electron chi connectivity index (χ1n) is 6.45. The molecule has 1 aromatic rings. The summed E-state index contributed by atoms with van der Waals surface area (Å²) < 4.78 is 37.7. The van der Waals surface area contributed by atoms with Crippen molar-refractivity contribution in [3.63, 3.8) is 0 Å². The van der Waals surface area contributed by atoms with Gasteiger partial charge in [0.1, 0.15) is 0 Å². The summed E-state index contributed by atoms with van der Waals surface area (Å²) in [7, 11) is 0. The molecule has 0 fully saturated rings. The van der Waals surface area contributed by atoms with Gasteiger partial charge in [0.2, 0.25) is 0 Å². The second-order valence-electron chi connectivity index (χ2n) is 6.23. The third-order valence-corrected chi connectivity index (χ3v) is 2.83. The fourth-order valence-electron chi connectivity index (χ4n) is 2.08. The first-order valence-corrected chi connectivity index (χ1v) is 6.45. The van der Waals surface area contributed by atoms with Gasteiger partial charge in [-0.05, 0) is 24.0 Å². The molecule has 0 radical (unpaired) electrons. The van der Waals surface area contributed by atoms with Gasteiger partial charge in [0.15, 0.2) is 5.78 Å². The fourth-order valence-corrected chi connectivity index (χ4v) is 2.08. The van der Waals surface area contributed by atoms with Crippen molar-refractivity contribution in [2.24, 2.45) is 11.1 Å². The number of Topliss-reactive ketones (excluding diaryl/α,β-unsaturated/α-hetero) is 1. The molecule has 0 saturated heterocycles. The minimum Gasteiger partial charge on any atom is -0.327 e. The van der Waals surface area contributed by atoms with Crippen LogP contribution >= 0.6 is 0 Å². The van der Waals surface area contributed by atoms with Crippen LogP contribution in [0.4, 0.5) is 13.2 Å². The van der Waals surface area contributed by atoms with E-state index in [2.05, 4.69) is 0 Å². The summed E-state index contributed by atoms with van der Waals surface area (Å²) >= 11 is 0. The zero-order valence-corrected chi connectivity index (χ0v) is 11.9. The van der Waals surface area contributed by atoms with E-state index in [0.717, 1.165) is 12.1 Å². The Morgan fingerprint density at radius 3 is 2.35 bits per heavy atom. The van der Waals surface area contributed by atoms with Crippen molar-refractivity contribution < 1.29 is 18.0 Å². The Morgan fingerprint density at radius 1 is 1.25 bits per heavy atom. The number of nitrogens with two attached hydrogens (primary N) is 1. The quantitative estimate of drug-likeness (QED) is 0.849. The maximum atomic E-state index is 12.6. The molecule has 1 aromatic carbocycles. The van der Waals surface area contributed by atoms with Gasteiger partial charge in [-0.2, -0.15) is 13.2 Å². The van der Waals surface area contributed by atoms with Gasteiger partial charge in [-0.25, -0.2) is 0 Å². The van der Waals surface area contributed by atoms with E-state index in [-0.39, 0.29) is 29.2 Å². The van der Waals surface area contributed by atoms with Crippen LogP contribution in [0.1, 0.15) is 49.5 Å². The van der Waals surface area contributed by atoms with E-state index in [1.165, 1.54) is 12.1 Å². The van der Waals surface area contributed by atoms with Crippen LogP contribution in [0.25, 0.3) is 0 Å². The smallest absolute Gasteiger partial charge is 0.327 e. The van der Waals surface area contributed by atoms with Crippen molar-refractivity contribution in [1.29, 1.82) is 0 Å². The number of carbonyl (C=O) groups is 1. The van der Waals surface area contributed by atoms with E-state index >= 15 is 0 Å². The minimum absolute atomic E-state index is 0.0203. The number of rotatable bonds is 4. The molecule has 0 aliphatic carbocycles. The number of carbonyl (C=O) groups excluding carboxylic acids is 1. The molecule has 1 rings (SSSR count). The van der Waals surface area contributed by atoms with Crippen molar-refractivity contribution in [2.45, 2.75) is 45.8 Å². The van der Waals surface area contributed by atoms with E-state index < -0.39 is 11.7 Å². The van der Waals surface area contributed by atoms with Crippen LogP contribution in [0.2, 0.25) is 0 Å². The summed E-state index contributed by atoms with van der Waals surface area (Å²) in [6, 6.07) is 4.11. The molecule has 0 aliphatic heterocycles. The Morgan fingerprint density at radius 2 is 1.85 bits per heavy atom. The number of ketones is 1. The standard InChI is InChI=1S/C15H20F3NO/c1-14(2,3)9-12(19)8-13(20)10-5-4-6-11(7-10)15(16,17)18/h4-7,12H,8-9,19H2,1-3H3. The first kappa shape index (κ1) is 16.7. The molecule has 5 heteroatoms. The van der Waals surface area contributed by atoms with Gasteiger partial charge in [0, 0.05) is 18.0 Å². The monoisotopic (exact) mass is 287 g/mol. The van der Waals surface area contributed by atoms with E-state index in [0.29, 0.717) is 6.42 Å². The average molecular weight is 287 g/mol. The third kappa shape index (κ3) is 5.33. The van der Waals surface area contributed by atoms with Crippen LogP contribution in [0.5, 0.6) is 0 Å². The summed E-state index contributed by atoms with van der Waals surface area (Å²) in [5.41, 5.74) is 5.11. The van der Waals surface area contributed by atoms with E-state index in [9.17, 15) is 18.0 Å². The molecule has 0 saturated carbocycles. The average Bonchev–Trinajstić information content (AvgIpc) is 2.25. The molecule has 2 nitrogen and oxygen atoms in total. The van der Waals surface area contributed by atoms with Crippen LogP contribution < -0.4 is 5.73 Å². The Bertz CT molecular complexity index is 475. The summed E-state index contributed by atoms with van der Waals surface area (Å²) in [5.74, 6) is -0.354. The fraction of sp³-hybridized carbons (Fsp3) is 0.533. The lowest BCUT2D eigenvalue weighted by Gasteiger charge is -2.22. The number of alkyl halides is 3. The predicted molar refractivity (Wildman–Crippen MR) is 72.4 cm³/mol. The number of benzene rings is 1. The normalized spacial score (nSPS) is 14.2. The Kier molecular flexibility index (Phi) is 4.97. The molecular formula is C15H20F3NO. The first-order chi connectivity index (χ1) is 8.99. The largest absolute Gasteiger partial charge is 0.416 e. The minimum atomic E-state index is -4.44. The highest BCUT2D eigenvalue weighted by molar-refractivity contribution is 5.96. The zero-order chi connectivity index (χ0) is 15.6. The van der Waals surface area contributed by atoms with Crippen LogP contribution in [-0.2, 0) is 6.18 Å². The molecule has 1 unspecified atom stereocenters. The summed E-state index contributed by atoms with van der Waals surface area (Å²) in [5, 5.41) is 0. The lowest BCUT2D eigenvalue weighted by Crippen LogP contribution is -2.29. The van der Waals surface area contributed by atoms with Crippen molar-refractivity contribution in [2.75, 3.05) is 0 Å². The predicted octanol–water partition coefficient (Wildman–Crippen LogP) is 4.04. The molecule has 112 valence electrons. The second kappa shape index (κ2) is 5.95. The molecule has 0 amide bonds. The summed E-state index contributed by atoms with van der Waals surface area (Å²) in [4.78, 5) is 12.0. The van der Waals surface area contributed by atoms with Gasteiger partial charge >= 0.3 is 6.18 Å². The van der Waals surface area contributed by atoms with E-state index in [4.69, 9.17) is 5.73 Å². The molecule has 0 aliphatic rings. The van der Waals surface area contributed by atoms with Crippen LogP contribution in [0.15, 0.2) is 24.3 Å². The molecular weight excluding hydrogens is 267 g/mol. The Hall–Kier alpha value is -1.36. The molecule has 0 spiro atoms. The van der Waals surface area contributed by atoms with Crippen LogP contribution in [0.3, 0.4) is 0 Å². The van der Waals surface area contributed by atoms with Crippen molar-refractivity contribution in [1.82, 2.24) is 0 Å². The number of halogens is 3. The van der Waals surface area contributed by atoms with Gasteiger partial charge in [-0.1, -0.05) is 32.9 Å². The molecule has 1 atom stereocenters. The van der Waals surface area contributed by atoms with Gasteiger partial charge in [0.05, 0.1) is 5.56 Å². The van der Waals surface area contributed by atoms with Crippen molar-refractivity contribution in [3.8, 4) is 0 Å². The lowest BCUT2D eigenvalue weighted by molar-refractivity contribution is -0.137. The van der Waals surface area contributed by atoms with Crippen molar-refractivity contribution >= 4 is 5.78 Å². The zero-order valence-electron chi connectivity index (χ0n) is 11.9. The molecule has 2 N–H and O–H groups in total. The molecule has 0 bridgehead atoms. The van der Waals surface area contributed by atoms with Crippen LogP contribution in [-0.4, -0.2) is 11.8 Å². The van der Waals surface area contributed by atoms with Gasteiger partial charge in [0.25, 0.3) is 0 Å². The molecule has 0 heterocycles. The third-order valence-electron chi connectivity index (χ3n) is 2.83.